The van der Waals surface area contributed by atoms with Crippen LogP contribution in [0.15, 0.2) is 54.1 Å². The van der Waals surface area contributed by atoms with Crippen LogP contribution in [0.25, 0.3) is 0 Å². The molecule has 0 aromatic heterocycles. The fourth-order valence-electron chi connectivity index (χ4n) is 5.30. The number of imide groups is 1. The third-order valence-corrected chi connectivity index (χ3v) is 7.60. The van der Waals surface area contributed by atoms with Crippen molar-refractivity contribution in [1.29, 1.82) is 0 Å². The van der Waals surface area contributed by atoms with Gasteiger partial charge in [-0.1, -0.05) is 47.0 Å². The van der Waals surface area contributed by atoms with Gasteiger partial charge in [-0.05, 0) is 55.5 Å². The monoisotopic (exact) mass is 498 g/mol. The molecule has 1 heterocycles. The zero-order valence-corrected chi connectivity index (χ0v) is 19.6. The predicted octanol–water partition coefficient (Wildman–Crippen LogP) is 4.49. The fraction of sp³-hybridized carbons (Fsp3) is 0.280. The van der Waals surface area contributed by atoms with Crippen LogP contribution in [0.4, 0.5) is 11.4 Å². The van der Waals surface area contributed by atoms with Crippen LogP contribution >= 0.6 is 23.2 Å². The number of anilines is 2. The molecule has 0 radical (unpaired) electrons. The number of fused-ring (bicyclic) bond motifs is 5. The van der Waals surface area contributed by atoms with Crippen molar-refractivity contribution in [3.05, 3.63) is 69.7 Å². The van der Waals surface area contributed by atoms with Gasteiger partial charge >= 0.3 is 5.97 Å². The van der Waals surface area contributed by atoms with Gasteiger partial charge in [0.1, 0.15) is 0 Å². The Kier molecular flexibility index (Phi) is 5.70. The molecule has 174 valence electrons. The number of carbonyl (C=O) groups excluding carboxylic acids is 4. The minimum absolute atomic E-state index is 0.0936. The predicted molar refractivity (Wildman–Crippen MR) is 127 cm³/mol. The first-order valence-electron chi connectivity index (χ1n) is 10.8. The third-order valence-electron chi connectivity index (χ3n) is 6.78. The summed E-state index contributed by atoms with van der Waals surface area (Å²) in [7, 11) is 0. The topological polar surface area (TPSA) is 92.8 Å². The average molecular weight is 499 g/mol. The minimum atomic E-state index is -0.758. The van der Waals surface area contributed by atoms with Gasteiger partial charge in [-0.3, -0.25) is 14.4 Å². The molecule has 1 saturated heterocycles. The summed E-state index contributed by atoms with van der Waals surface area (Å²) < 4.78 is 5.11. The van der Waals surface area contributed by atoms with E-state index in [1.54, 1.807) is 30.3 Å². The first-order valence-corrected chi connectivity index (χ1v) is 11.6. The quantitative estimate of drug-likeness (QED) is 0.372. The van der Waals surface area contributed by atoms with Crippen LogP contribution in [0.1, 0.15) is 23.7 Å². The number of nitrogens with zero attached hydrogens (tertiary/aromatic N) is 1. The Morgan fingerprint density at radius 3 is 2.62 bits per heavy atom. The van der Waals surface area contributed by atoms with Gasteiger partial charge in [-0.25, -0.2) is 9.69 Å². The number of ether oxygens (including phenoxy) is 1. The van der Waals surface area contributed by atoms with Crippen molar-refractivity contribution in [3.63, 3.8) is 0 Å². The Hall–Kier alpha value is -3.16. The first kappa shape index (κ1) is 22.6. The zero-order valence-electron chi connectivity index (χ0n) is 18.1. The molecule has 2 aliphatic carbocycles. The molecule has 5 rings (SSSR count). The molecule has 0 spiro atoms. The molecular weight excluding hydrogens is 479 g/mol. The summed E-state index contributed by atoms with van der Waals surface area (Å²) in [5, 5.41) is 2.99. The Morgan fingerprint density at radius 2 is 1.82 bits per heavy atom. The lowest BCUT2D eigenvalue weighted by Gasteiger charge is -2.19. The Morgan fingerprint density at radius 1 is 1.09 bits per heavy atom. The van der Waals surface area contributed by atoms with Gasteiger partial charge in [0.25, 0.3) is 5.91 Å². The number of allylic oxidation sites excluding steroid dienone is 2. The highest BCUT2D eigenvalue weighted by atomic mass is 35.5. The highest BCUT2D eigenvalue weighted by Crippen LogP contribution is 2.55. The van der Waals surface area contributed by atoms with Gasteiger partial charge in [0.05, 0.1) is 38.8 Å². The smallest absolute Gasteiger partial charge is 0.338 e. The summed E-state index contributed by atoms with van der Waals surface area (Å²) in [6.07, 6.45) is 2.96. The number of carbonyl (C=O) groups is 4. The summed E-state index contributed by atoms with van der Waals surface area (Å²) in [5.74, 6) is -2.27. The summed E-state index contributed by atoms with van der Waals surface area (Å²) >= 11 is 12.0. The number of nitrogens with one attached hydrogen (secondary N) is 1. The SMILES string of the molecule is CC1=C[C@H]2C[C@H]1[C@H]1C(=O)N(c3cccc(C(=O)OCC(=O)Nc4cccc(Cl)c4Cl)c3)C(=O)[C@H]12. The van der Waals surface area contributed by atoms with Crippen LogP contribution in [0.5, 0.6) is 0 Å². The molecule has 1 aliphatic heterocycles. The Balaban J connectivity index is 1.26. The van der Waals surface area contributed by atoms with Gasteiger partial charge in [0.15, 0.2) is 6.61 Å². The summed E-state index contributed by atoms with van der Waals surface area (Å²) in [4.78, 5) is 52.2. The maximum Gasteiger partial charge on any atom is 0.338 e. The Labute approximate surface area is 205 Å². The zero-order chi connectivity index (χ0) is 24.1. The van der Waals surface area contributed by atoms with Crippen molar-refractivity contribution >= 4 is 58.3 Å². The van der Waals surface area contributed by atoms with E-state index in [4.69, 9.17) is 27.9 Å². The number of rotatable bonds is 5. The number of halogens is 2. The van der Waals surface area contributed by atoms with Gasteiger partial charge in [0, 0.05) is 0 Å². The molecule has 1 saturated carbocycles. The standard InChI is InChI=1S/C25H20Cl2N2O5/c1-12-8-14-10-16(12)21-20(14)23(31)29(24(21)32)15-5-2-4-13(9-15)25(33)34-11-19(30)28-18-7-3-6-17(26)22(18)27/h2-9,14,16,20-21H,10-11H2,1H3,(H,28,30)/t14-,16+,20-,21+/m0/s1. The largest absolute Gasteiger partial charge is 0.452 e. The van der Waals surface area contributed by atoms with E-state index >= 15 is 0 Å². The molecule has 3 amide bonds. The van der Waals surface area contributed by atoms with Crippen molar-refractivity contribution in [2.45, 2.75) is 13.3 Å². The lowest BCUT2D eigenvalue weighted by molar-refractivity contribution is -0.123. The highest BCUT2D eigenvalue weighted by Gasteiger charge is 2.60. The summed E-state index contributed by atoms with van der Waals surface area (Å²) in [6, 6.07) is 10.9. The molecule has 2 aromatic carbocycles. The summed E-state index contributed by atoms with van der Waals surface area (Å²) in [5.41, 5.74) is 1.92. The summed E-state index contributed by atoms with van der Waals surface area (Å²) in [6.45, 7) is 1.46. The lowest BCUT2D eigenvalue weighted by Crippen LogP contribution is -2.33. The third kappa shape index (κ3) is 3.69. The van der Waals surface area contributed by atoms with Crippen molar-refractivity contribution < 1.29 is 23.9 Å². The van der Waals surface area contributed by atoms with Gasteiger partial charge in [0.2, 0.25) is 11.8 Å². The van der Waals surface area contributed by atoms with Gasteiger partial charge < -0.3 is 10.1 Å². The minimum Gasteiger partial charge on any atom is -0.452 e. The molecule has 2 fully saturated rings. The number of amides is 3. The maximum atomic E-state index is 13.1. The number of esters is 1. The van der Waals surface area contributed by atoms with Crippen molar-refractivity contribution in [2.75, 3.05) is 16.8 Å². The molecule has 34 heavy (non-hydrogen) atoms. The normalized spacial score (nSPS) is 24.8. The molecule has 0 unspecified atom stereocenters. The molecule has 1 N–H and O–H groups in total. The second-order valence-corrected chi connectivity index (χ2v) is 9.54. The molecule has 7 nitrogen and oxygen atoms in total. The number of benzene rings is 2. The van der Waals surface area contributed by atoms with E-state index in [2.05, 4.69) is 11.4 Å². The lowest BCUT2D eigenvalue weighted by atomic mass is 9.82. The van der Waals surface area contributed by atoms with E-state index in [1.165, 1.54) is 22.6 Å². The van der Waals surface area contributed by atoms with E-state index in [0.717, 1.165) is 6.42 Å². The van der Waals surface area contributed by atoms with Gasteiger partial charge in [-0.15, -0.1) is 0 Å². The molecule has 9 heteroatoms. The van der Waals surface area contributed by atoms with Crippen LogP contribution in [-0.2, 0) is 19.1 Å². The van der Waals surface area contributed by atoms with Crippen LogP contribution in [0.3, 0.4) is 0 Å². The molecule has 2 aromatic rings. The molecule has 2 bridgehead atoms. The van der Waals surface area contributed by atoms with Crippen molar-refractivity contribution in [1.82, 2.24) is 0 Å². The van der Waals surface area contributed by atoms with Crippen LogP contribution in [0.2, 0.25) is 10.0 Å². The second-order valence-electron chi connectivity index (χ2n) is 8.76. The van der Waals surface area contributed by atoms with E-state index in [0.29, 0.717) is 11.4 Å². The van der Waals surface area contributed by atoms with E-state index in [1.807, 2.05) is 6.92 Å². The molecule has 4 atom stereocenters. The van der Waals surface area contributed by atoms with Crippen LogP contribution < -0.4 is 10.2 Å². The van der Waals surface area contributed by atoms with Crippen molar-refractivity contribution in [2.24, 2.45) is 23.7 Å². The van der Waals surface area contributed by atoms with E-state index in [-0.39, 0.29) is 51.1 Å². The van der Waals surface area contributed by atoms with E-state index < -0.39 is 18.5 Å². The molecular formula is C25H20Cl2N2O5. The van der Waals surface area contributed by atoms with Gasteiger partial charge in [-0.2, -0.15) is 0 Å². The average Bonchev–Trinajstić information content (AvgIpc) is 3.45. The van der Waals surface area contributed by atoms with Crippen molar-refractivity contribution in [3.8, 4) is 0 Å². The highest BCUT2D eigenvalue weighted by molar-refractivity contribution is 6.44. The second kappa shape index (κ2) is 8.56. The molecule has 3 aliphatic rings. The van der Waals surface area contributed by atoms with E-state index in [9.17, 15) is 19.2 Å². The van der Waals surface area contributed by atoms with Crippen LogP contribution in [-0.4, -0.2) is 30.3 Å². The first-order chi connectivity index (χ1) is 16.3. The number of hydrogen-bond donors (Lipinski definition) is 1. The number of hydrogen-bond acceptors (Lipinski definition) is 5. The van der Waals surface area contributed by atoms with Crippen LogP contribution in [0, 0.1) is 23.7 Å². The fourth-order valence-corrected chi connectivity index (χ4v) is 5.65. The Bertz CT molecular complexity index is 1270. The maximum absolute atomic E-state index is 13.1.